The molecule has 0 bridgehead atoms. The molecule has 142 valence electrons. The molecule has 0 unspecified atom stereocenters. The molecular formula is C23H27NO3. The smallest absolute Gasteiger partial charge is 0.338 e. The van der Waals surface area contributed by atoms with Gasteiger partial charge in [-0.2, -0.15) is 0 Å². The van der Waals surface area contributed by atoms with Crippen molar-refractivity contribution in [1.82, 2.24) is 0 Å². The number of benzene rings is 2. The highest BCUT2D eigenvalue weighted by molar-refractivity contribution is 5.95. The second kappa shape index (κ2) is 9.36. The lowest BCUT2D eigenvalue weighted by Crippen LogP contribution is -2.21. The van der Waals surface area contributed by atoms with Gasteiger partial charge in [0.2, 0.25) is 0 Å². The van der Waals surface area contributed by atoms with Crippen molar-refractivity contribution >= 4 is 17.6 Å². The lowest BCUT2D eigenvalue weighted by Gasteiger charge is -2.16. The summed E-state index contributed by atoms with van der Waals surface area (Å²) in [6.45, 7) is 1.88. The standard InChI is InChI=1S/C23H27NO3/c1-2-3-6-17-9-13-21(14-10-17)24-22(25)16-27-23(26)20-12-11-18-7-4-5-8-19(18)15-20/h9-15H,2-8,16H2,1H3,(H,24,25). The SMILES string of the molecule is CCCCc1ccc(NC(=O)COC(=O)c2ccc3c(c2)CCCC3)cc1. The third kappa shape index (κ3) is 5.43. The number of rotatable bonds is 7. The summed E-state index contributed by atoms with van der Waals surface area (Å²) < 4.78 is 5.18. The predicted octanol–water partition coefficient (Wildman–Crippen LogP) is 4.70. The molecule has 0 atom stereocenters. The maximum atomic E-state index is 12.2. The van der Waals surface area contributed by atoms with Crippen LogP contribution in [0, 0.1) is 0 Å². The molecule has 0 radical (unpaired) electrons. The monoisotopic (exact) mass is 365 g/mol. The summed E-state index contributed by atoms with van der Waals surface area (Å²) in [7, 11) is 0. The average molecular weight is 365 g/mol. The number of esters is 1. The van der Waals surface area contributed by atoms with E-state index in [1.54, 1.807) is 6.07 Å². The van der Waals surface area contributed by atoms with Crippen LogP contribution in [-0.4, -0.2) is 18.5 Å². The van der Waals surface area contributed by atoms with Crippen molar-refractivity contribution in [2.45, 2.75) is 51.9 Å². The van der Waals surface area contributed by atoms with Crippen LogP contribution in [0.2, 0.25) is 0 Å². The summed E-state index contributed by atoms with van der Waals surface area (Å²) in [6, 6.07) is 13.5. The number of anilines is 1. The van der Waals surface area contributed by atoms with Gasteiger partial charge in [0.15, 0.2) is 6.61 Å². The highest BCUT2D eigenvalue weighted by atomic mass is 16.5. The summed E-state index contributed by atoms with van der Waals surface area (Å²) in [5, 5.41) is 2.77. The molecule has 0 heterocycles. The molecule has 2 aromatic rings. The quantitative estimate of drug-likeness (QED) is 0.723. The Morgan fingerprint density at radius 3 is 2.48 bits per heavy atom. The topological polar surface area (TPSA) is 55.4 Å². The fourth-order valence-corrected chi connectivity index (χ4v) is 3.41. The zero-order valence-electron chi connectivity index (χ0n) is 15.9. The Bertz CT molecular complexity index is 796. The molecule has 27 heavy (non-hydrogen) atoms. The van der Waals surface area contributed by atoms with Gasteiger partial charge in [0.05, 0.1) is 5.56 Å². The van der Waals surface area contributed by atoms with Crippen molar-refractivity contribution in [3.63, 3.8) is 0 Å². The summed E-state index contributed by atoms with van der Waals surface area (Å²) in [5.41, 5.74) is 5.03. The minimum absolute atomic E-state index is 0.284. The van der Waals surface area contributed by atoms with E-state index in [0.717, 1.165) is 38.5 Å². The molecule has 1 amide bonds. The first-order valence-electron chi connectivity index (χ1n) is 9.83. The van der Waals surface area contributed by atoms with Gasteiger partial charge in [-0.1, -0.05) is 31.5 Å². The van der Waals surface area contributed by atoms with Crippen LogP contribution in [0.1, 0.15) is 59.7 Å². The van der Waals surface area contributed by atoms with Crippen LogP contribution in [0.15, 0.2) is 42.5 Å². The molecule has 2 aromatic carbocycles. The molecule has 0 saturated carbocycles. The minimum Gasteiger partial charge on any atom is -0.452 e. The van der Waals surface area contributed by atoms with Crippen molar-refractivity contribution < 1.29 is 14.3 Å². The van der Waals surface area contributed by atoms with Crippen molar-refractivity contribution in [2.24, 2.45) is 0 Å². The number of nitrogens with one attached hydrogen (secondary N) is 1. The van der Waals surface area contributed by atoms with Gasteiger partial charge >= 0.3 is 5.97 Å². The average Bonchev–Trinajstić information content (AvgIpc) is 2.71. The van der Waals surface area contributed by atoms with Crippen molar-refractivity contribution in [2.75, 3.05) is 11.9 Å². The normalized spacial score (nSPS) is 12.9. The summed E-state index contributed by atoms with van der Waals surface area (Å²) in [6.07, 6.45) is 7.80. The lowest BCUT2D eigenvalue weighted by molar-refractivity contribution is -0.119. The summed E-state index contributed by atoms with van der Waals surface area (Å²) >= 11 is 0. The molecule has 0 aromatic heterocycles. The van der Waals surface area contributed by atoms with E-state index in [9.17, 15) is 9.59 Å². The minimum atomic E-state index is -0.451. The number of carbonyl (C=O) groups excluding carboxylic acids is 2. The molecule has 0 fully saturated rings. The zero-order valence-corrected chi connectivity index (χ0v) is 15.9. The fourth-order valence-electron chi connectivity index (χ4n) is 3.41. The highest BCUT2D eigenvalue weighted by Crippen LogP contribution is 2.22. The Morgan fingerprint density at radius 2 is 1.74 bits per heavy atom. The molecular weight excluding hydrogens is 338 g/mol. The van der Waals surface area contributed by atoms with Crippen molar-refractivity contribution in [3.05, 3.63) is 64.7 Å². The Labute approximate surface area is 160 Å². The first kappa shape index (κ1) is 19.2. The van der Waals surface area contributed by atoms with Crippen molar-refractivity contribution in [3.8, 4) is 0 Å². The molecule has 1 aliphatic carbocycles. The zero-order chi connectivity index (χ0) is 19.1. The van der Waals surface area contributed by atoms with Crippen LogP contribution in [-0.2, 0) is 28.8 Å². The summed E-state index contributed by atoms with van der Waals surface area (Å²) in [5.74, 6) is -0.781. The number of aryl methyl sites for hydroxylation is 3. The van der Waals surface area contributed by atoms with Gasteiger partial charge in [-0.15, -0.1) is 0 Å². The van der Waals surface area contributed by atoms with E-state index in [0.29, 0.717) is 11.3 Å². The van der Waals surface area contributed by atoms with Gasteiger partial charge in [-0.3, -0.25) is 4.79 Å². The first-order valence-corrected chi connectivity index (χ1v) is 9.83. The number of ether oxygens (including phenoxy) is 1. The van der Waals surface area contributed by atoms with Crippen LogP contribution < -0.4 is 5.32 Å². The third-order valence-corrected chi connectivity index (χ3v) is 4.98. The fraction of sp³-hybridized carbons (Fsp3) is 0.391. The molecule has 3 rings (SSSR count). The second-order valence-corrected chi connectivity index (χ2v) is 7.12. The van der Waals surface area contributed by atoms with Gasteiger partial charge in [-0.05, 0) is 79.5 Å². The van der Waals surface area contributed by atoms with Gasteiger partial charge in [-0.25, -0.2) is 4.79 Å². The first-order chi connectivity index (χ1) is 13.2. The number of carbonyl (C=O) groups is 2. The second-order valence-electron chi connectivity index (χ2n) is 7.12. The van der Waals surface area contributed by atoms with Crippen LogP contribution in [0.25, 0.3) is 0 Å². The molecule has 1 aliphatic rings. The van der Waals surface area contributed by atoms with E-state index >= 15 is 0 Å². The number of fused-ring (bicyclic) bond motifs is 1. The summed E-state index contributed by atoms with van der Waals surface area (Å²) in [4.78, 5) is 24.3. The number of unbranched alkanes of at least 4 members (excludes halogenated alkanes) is 1. The Balaban J connectivity index is 1.49. The van der Waals surface area contributed by atoms with Crippen molar-refractivity contribution in [1.29, 1.82) is 0 Å². The molecule has 0 saturated heterocycles. The largest absolute Gasteiger partial charge is 0.452 e. The van der Waals surface area contributed by atoms with E-state index in [1.165, 1.54) is 23.1 Å². The van der Waals surface area contributed by atoms with Gasteiger partial charge < -0.3 is 10.1 Å². The van der Waals surface area contributed by atoms with Gasteiger partial charge in [0, 0.05) is 5.69 Å². The van der Waals surface area contributed by atoms with E-state index in [4.69, 9.17) is 4.74 Å². The van der Waals surface area contributed by atoms with Crippen LogP contribution >= 0.6 is 0 Å². The third-order valence-electron chi connectivity index (χ3n) is 4.98. The predicted molar refractivity (Wildman–Crippen MR) is 107 cm³/mol. The van der Waals surface area contributed by atoms with E-state index < -0.39 is 5.97 Å². The number of amides is 1. The molecule has 4 nitrogen and oxygen atoms in total. The lowest BCUT2D eigenvalue weighted by atomic mass is 9.90. The Morgan fingerprint density at radius 1 is 1.00 bits per heavy atom. The maximum Gasteiger partial charge on any atom is 0.338 e. The molecule has 0 aliphatic heterocycles. The number of hydrogen-bond donors (Lipinski definition) is 1. The Hall–Kier alpha value is -2.62. The van der Waals surface area contributed by atoms with E-state index in [2.05, 4.69) is 12.2 Å². The highest BCUT2D eigenvalue weighted by Gasteiger charge is 2.15. The molecule has 0 spiro atoms. The van der Waals surface area contributed by atoms with Crippen LogP contribution in [0.5, 0.6) is 0 Å². The molecule has 1 N–H and O–H groups in total. The number of hydrogen-bond acceptors (Lipinski definition) is 3. The van der Waals surface area contributed by atoms with Gasteiger partial charge in [0.1, 0.15) is 0 Å². The van der Waals surface area contributed by atoms with E-state index in [1.807, 2.05) is 36.4 Å². The van der Waals surface area contributed by atoms with Crippen LogP contribution in [0.4, 0.5) is 5.69 Å². The van der Waals surface area contributed by atoms with E-state index in [-0.39, 0.29) is 12.5 Å². The Kier molecular flexibility index (Phi) is 6.64. The van der Waals surface area contributed by atoms with Gasteiger partial charge in [0.25, 0.3) is 5.91 Å². The molecule has 4 heteroatoms. The maximum absolute atomic E-state index is 12.2. The van der Waals surface area contributed by atoms with Crippen LogP contribution in [0.3, 0.4) is 0 Å².